The Morgan fingerprint density at radius 2 is 1.77 bits per heavy atom. The number of hydrogen-bond acceptors (Lipinski definition) is 8. The predicted molar refractivity (Wildman–Crippen MR) is 113 cm³/mol. The van der Waals surface area contributed by atoms with Gasteiger partial charge in [-0.05, 0) is 46.5 Å². The molecule has 1 atom stereocenters. The van der Waals surface area contributed by atoms with E-state index in [2.05, 4.69) is 9.97 Å². The minimum absolute atomic E-state index is 0.397. The van der Waals surface area contributed by atoms with Gasteiger partial charge in [0.2, 0.25) is 5.95 Å². The van der Waals surface area contributed by atoms with E-state index in [0.717, 1.165) is 24.8 Å². The number of aliphatic hydroxyl groups is 2. The molecule has 0 spiro atoms. The molecule has 2 fully saturated rings. The molecular weight excluding hydrogens is 387 g/mol. The summed E-state index contributed by atoms with van der Waals surface area (Å²) in [6, 6.07) is 0. The Morgan fingerprint density at radius 3 is 2.27 bits per heavy atom. The number of anilines is 1. The molecule has 0 aromatic carbocycles. The molecule has 3 heterocycles. The first kappa shape index (κ1) is 22.9. The van der Waals surface area contributed by atoms with Gasteiger partial charge in [-0.15, -0.1) is 0 Å². The molecule has 0 saturated carbocycles. The summed E-state index contributed by atoms with van der Waals surface area (Å²) in [4.78, 5) is 24.6. The first-order chi connectivity index (χ1) is 14.0. The van der Waals surface area contributed by atoms with Gasteiger partial charge in [0.15, 0.2) is 6.10 Å². The van der Waals surface area contributed by atoms with Crippen molar-refractivity contribution in [3.8, 4) is 0 Å². The molecule has 2 N–H and O–H groups in total. The van der Waals surface area contributed by atoms with E-state index in [-0.39, 0.29) is 0 Å². The van der Waals surface area contributed by atoms with E-state index in [1.165, 1.54) is 0 Å². The summed E-state index contributed by atoms with van der Waals surface area (Å²) < 4.78 is 12.1. The number of aromatic nitrogens is 2. The number of carbonyl (C=O) groups excluding carboxylic acids is 1. The van der Waals surface area contributed by atoms with Gasteiger partial charge in [0.1, 0.15) is 0 Å². The third-order valence-corrected chi connectivity index (χ3v) is 6.44. The maximum atomic E-state index is 12.0. The van der Waals surface area contributed by atoms with Crippen LogP contribution in [0.15, 0.2) is 12.4 Å². The Bertz CT molecular complexity index is 721. The number of likely N-dealkylation sites (tertiary alicyclic amines) is 1. The van der Waals surface area contributed by atoms with Crippen molar-refractivity contribution in [1.29, 1.82) is 0 Å². The lowest BCUT2D eigenvalue weighted by Gasteiger charge is -2.34. The quantitative estimate of drug-likeness (QED) is 0.610. The topological polar surface area (TPSA) is 108 Å². The Kier molecular flexibility index (Phi) is 6.71. The van der Waals surface area contributed by atoms with E-state index >= 15 is 0 Å². The Morgan fingerprint density at radius 1 is 1.23 bits per heavy atom. The number of piperidine rings is 1. The molecule has 3 rings (SSSR count). The lowest BCUT2D eigenvalue weighted by atomic mass is 9.81. The molecule has 9 nitrogen and oxygen atoms in total. The summed E-state index contributed by atoms with van der Waals surface area (Å²) in [5, 5.41) is 18.5. The van der Waals surface area contributed by atoms with Crippen molar-refractivity contribution in [3.05, 3.63) is 12.4 Å². The fourth-order valence-electron chi connectivity index (χ4n) is 3.72. The van der Waals surface area contributed by atoms with E-state index in [4.69, 9.17) is 14.4 Å². The van der Waals surface area contributed by atoms with Gasteiger partial charge in [-0.25, -0.2) is 9.97 Å². The zero-order valence-electron chi connectivity index (χ0n) is 18.5. The van der Waals surface area contributed by atoms with Gasteiger partial charge in [-0.1, -0.05) is 0 Å². The van der Waals surface area contributed by atoms with Gasteiger partial charge < -0.3 is 29.3 Å². The van der Waals surface area contributed by atoms with Crippen LogP contribution in [0, 0.1) is 5.92 Å². The van der Waals surface area contributed by atoms with Crippen molar-refractivity contribution < 1.29 is 24.3 Å². The highest BCUT2D eigenvalue weighted by molar-refractivity contribution is 6.61. The number of rotatable bonds is 6. The standard InChI is InChI=1S/C20H33BN4O5/c1-19(2)20(3,4)30-21(29-19)15-10-22-18(23-11-15)24(5)12-14-6-8-25(9-7-14)17(28)16(27)13-26/h10-11,14,16,26-27H,6-9,12-13H2,1-5H3/t16-/m1/s1. The fourth-order valence-corrected chi connectivity index (χ4v) is 3.72. The second-order valence-electron chi connectivity index (χ2n) is 9.25. The van der Waals surface area contributed by atoms with E-state index in [1.54, 1.807) is 17.3 Å². The van der Waals surface area contributed by atoms with Crippen molar-refractivity contribution in [2.75, 3.05) is 38.2 Å². The lowest BCUT2D eigenvalue weighted by molar-refractivity contribution is -0.143. The molecule has 2 aliphatic heterocycles. The second kappa shape index (κ2) is 8.78. The number of aliphatic hydroxyl groups excluding tert-OH is 2. The zero-order chi connectivity index (χ0) is 22.1. The first-order valence-electron chi connectivity index (χ1n) is 10.5. The highest BCUT2D eigenvalue weighted by Crippen LogP contribution is 2.36. The predicted octanol–water partition coefficient (Wildman–Crippen LogP) is -0.196. The van der Waals surface area contributed by atoms with Crippen molar-refractivity contribution in [2.24, 2.45) is 5.92 Å². The molecule has 10 heteroatoms. The molecule has 0 aliphatic carbocycles. The van der Waals surface area contributed by atoms with E-state index < -0.39 is 36.9 Å². The molecule has 2 saturated heterocycles. The summed E-state index contributed by atoms with van der Waals surface area (Å²) in [5.41, 5.74) is -0.0206. The minimum Gasteiger partial charge on any atom is -0.399 e. The minimum atomic E-state index is -1.32. The summed E-state index contributed by atoms with van der Waals surface area (Å²) in [7, 11) is 1.47. The molecular formula is C20H33BN4O5. The third-order valence-electron chi connectivity index (χ3n) is 6.44. The van der Waals surface area contributed by atoms with Crippen LogP contribution in [0.1, 0.15) is 40.5 Å². The summed E-state index contributed by atoms with van der Waals surface area (Å²) in [6.07, 6.45) is 3.84. The highest BCUT2D eigenvalue weighted by atomic mass is 16.7. The molecule has 166 valence electrons. The molecule has 1 amide bonds. The van der Waals surface area contributed by atoms with Crippen LogP contribution < -0.4 is 10.4 Å². The summed E-state index contributed by atoms with van der Waals surface area (Å²) >= 11 is 0. The van der Waals surface area contributed by atoms with Gasteiger partial charge in [-0.2, -0.15) is 0 Å². The van der Waals surface area contributed by atoms with Crippen molar-refractivity contribution in [1.82, 2.24) is 14.9 Å². The van der Waals surface area contributed by atoms with Crippen LogP contribution in [0.5, 0.6) is 0 Å². The van der Waals surface area contributed by atoms with Gasteiger partial charge in [0.25, 0.3) is 5.91 Å². The van der Waals surface area contributed by atoms with Crippen LogP contribution in [0.2, 0.25) is 0 Å². The van der Waals surface area contributed by atoms with Crippen LogP contribution >= 0.6 is 0 Å². The van der Waals surface area contributed by atoms with Gasteiger partial charge in [0.05, 0.1) is 17.8 Å². The number of amides is 1. The molecule has 0 radical (unpaired) electrons. The van der Waals surface area contributed by atoms with Crippen LogP contribution in [0.3, 0.4) is 0 Å². The average molecular weight is 420 g/mol. The third kappa shape index (κ3) is 4.77. The molecule has 1 aromatic rings. The van der Waals surface area contributed by atoms with E-state index in [1.807, 2.05) is 39.6 Å². The lowest BCUT2D eigenvalue weighted by Crippen LogP contribution is -2.46. The monoisotopic (exact) mass is 420 g/mol. The number of carbonyl (C=O) groups is 1. The van der Waals surface area contributed by atoms with Gasteiger partial charge in [0, 0.05) is 44.5 Å². The number of nitrogens with zero attached hydrogens (tertiary/aromatic N) is 4. The highest BCUT2D eigenvalue weighted by Gasteiger charge is 2.52. The van der Waals surface area contributed by atoms with Gasteiger partial charge >= 0.3 is 7.12 Å². The first-order valence-corrected chi connectivity index (χ1v) is 10.5. The normalized spacial score (nSPS) is 22.2. The van der Waals surface area contributed by atoms with Crippen LogP contribution in [0.4, 0.5) is 5.95 Å². The van der Waals surface area contributed by atoms with Crippen LogP contribution in [0.25, 0.3) is 0 Å². The van der Waals surface area contributed by atoms with E-state index in [9.17, 15) is 9.90 Å². The zero-order valence-corrected chi connectivity index (χ0v) is 18.5. The summed E-state index contributed by atoms with van der Waals surface area (Å²) in [6.45, 7) is 9.45. The van der Waals surface area contributed by atoms with Crippen molar-refractivity contribution in [3.63, 3.8) is 0 Å². The fraction of sp³-hybridized carbons (Fsp3) is 0.750. The van der Waals surface area contributed by atoms with Crippen LogP contribution in [-0.4, -0.2) is 88.7 Å². The molecule has 0 bridgehead atoms. The maximum absolute atomic E-state index is 12.0. The second-order valence-corrected chi connectivity index (χ2v) is 9.25. The van der Waals surface area contributed by atoms with Gasteiger partial charge in [-0.3, -0.25) is 4.79 Å². The smallest absolute Gasteiger partial charge is 0.399 e. The van der Waals surface area contributed by atoms with Crippen molar-refractivity contribution in [2.45, 2.75) is 57.8 Å². The van der Waals surface area contributed by atoms with Crippen molar-refractivity contribution >= 4 is 24.4 Å². The number of hydrogen-bond donors (Lipinski definition) is 2. The molecule has 30 heavy (non-hydrogen) atoms. The van der Waals surface area contributed by atoms with E-state index in [0.29, 0.717) is 25.0 Å². The largest absolute Gasteiger partial charge is 0.498 e. The Hall–Kier alpha value is -1.75. The molecule has 0 unspecified atom stereocenters. The Balaban J connectivity index is 1.52. The SMILES string of the molecule is CN(CC1CCN(C(=O)[C@H](O)CO)CC1)c1ncc(B2OC(C)(C)C(C)(C)O2)cn1. The van der Waals surface area contributed by atoms with Crippen LogP contribution in [-0.2, 0) is 14.1 Å². The Labute approximate surface area is 178 Å². The molecule has 2 aliphatic rings. The molecule has 1 aromatic heterocycles. The summed E-state index contributed by atoms with van der Waals surface area (Å²) in [5.74, 6) is 0.632. The maximum Gasteiger partial charge on any atom is 0.498 e. The average Bonchev–Trinajstić information content (AvgIpc) is 2.94.